The van der Waals surface area contributed by atoms with Gasteiger partial charge < -0.3 is 14.6 Å². The first kappa shape index (κ1) is 16.9. The minimum absolute atomic E-state index is 0.0927. The number of rotatable bonds is 13. The second-order valence-electron chi connectivity index (χ2n) is 4.56. The predicted molar refractivity (Wildman–Crippen MR) is 71.3 cm³/mol. The summed E-state index contributed by atoms with van der Waals surface area (Å²) < 4.78 is 10.8. The second-order valence-corrected chi connectivity index (χ2v) is 4.56. The van der Waals surface area contributed by atoms with Crippen LogP contribution in [-0.2, 0) is 9.47 Å². The number of hydrogen-bond acceptors (Lipinski definition) is 3. The quantitative estimate of drug-likeness (QED) is 0.508. The molecule has 0 aliphatic carbocycles. The third kappa shape index (κ3) is 12.1. The summed E-state index contributed by atoms with van der Waals surface area (Å²) >= 11 is 0. The van der Waals surface area contributed by atoms with Gasteiger partial charge in [0.2, 0.25) is 0 Å². The Hall–Kier alpha value is -0.120. The fourth-order valence-corrected chi connectivity index (χ4v) is 1.94. The molecule has 0 amide bonds. The minimum atomic E-state index is 0.0927. The first-order valence-electron chi connectivity index (χ1n) is 7.11. The Morgan fingerprint density at radius 3 is 2.29 bits per heavy atom. The number of aliphatic hydroxyl groups excluding tert-OH is 1. The SMILES string of the molecule is CCCCCC(CCC)COCCOCCO. The van der Waals surface area contributed by atoms with Crippen LogP contribution >= 0.6 is 0 Å². The highest BCUT2D eigenvalue weighted by Crippen LogP contribution is 2.15. The van der Waals surface area contributed by atoms with E-state index in [4.69, 9.17) is 14.6 Å². The van der Waals surface area contributed by atoms with Crippen molar-refractivity contribution in [2.45, 2.75) is 52.4 Å². The van der Waals surface area contributed by atoms with Crippen molar-refractivity contribution in [1.29, 1.82) is 0 Å². The summed E-state index contributed by atoms with van der Waals surface area (Å²) in [5.74, 6) is 0.712. The molecule has 0 rings (SSSR count). The topological polar surface area (TPSA) is 38.7 Å². The molecule has 0 bridgehead atoms. The van der Waals surface area contributed by atoms with Crippen LogP contribution in [0.1, 0.15) is 52.4 Å². The van der Waals surface area contributed by atoms with Crippen molar-refractivity contribution in [3.05, 3.63) is 0 Å². The Morgan fingerprint density at radius 2 is 1.65 bits per heavy atom. The van der Waals surface area contributed by atoms with Gasteiger partial charge in [-0.3, -0.25) is 0 Å². The Morgan fingerprint density at radius 1 is 0.882 bits per heavy atom. The van der Waals surface area contributed by atoms with Gasteiger partial charge in [-0.25, -0.2) is 0 Å². The van der Waals surface area contributed by atoms with Gasteiger partial charge in [0.25, 0.3) is 0 Å². The number of aliphatic hydroxyl groups is 1. The molecule has 1 N–H and O–H groups in total. The first-order chi connectivity index (χ1) is 8.35. The normalized spacial score (nSPS) is 12.9. The smallest absolute Gasteiger partial charge is 0.0701 e. The van der Waals surface area contributed by atoms with E-state index in [0.29, 0.717) is 25.7 Å². The molecule has 3 nitrogen and oxygen atoms in total. The van der Waals surface area contributed by atoms with Gasteiger partial charge in [-0.2, -0.15) is 0 Å². The summed E-state index contributed by atoms with van der Waals surface area (Å²) in [6, 6.07) is 0. The molecule has 0 fully saturated rings. The lowest BCUT2D eigenvalue weighted by Crippen LogP contribution is -2.13. The Bertz CT molecular complexity index is 139. The average molecular weight is 246 g/mol. The summed E-state index contributed by atoms with van der Waals surface area (Å²) in [5.41, 5.74) is 0. The van der Waals surface area contributed by atoms with Gasteiger partial charge in [-0.15, -0.1) is 0 Å². The van der Waals surface area contributed by atoms with E-state index in [1.807, 2.05) is 0 Å². The van der Waals surface area contributed by atoms with Crippen LogP contribution < -0.4 is 0 Å². The Kier molecular flexibility index (Phi) is 13.8. The van der Waals surface area contributed by atoms with Crippen LogP contribution in [0.2, 0.25) is 0 Å². The van der Waals surface area contributed by atoms with E-state index >= 15 is 0 Å². The zero-order valence-electron chi connectivity index (χ0n) is 11.6. The third-order valence-corrected chi connectivity index (χ3v) is 2.87. The van der Waals surface area contributed by atoms with Gasteiger partial charge >= 0.3 is 0 Å². The number of unbranched alkanes of at least 4 members (excludes halogenated alkanes) is 2. The van der Waals surface area contributed by atoms with Crippen molar-refractivity contribution in [3.63, 3.8) is 0 Å². The molecule has 0 spiro atoms. The molecular formula is C14H30O3. The number of ether oxygens (including phenoxy) is 2. The van der Waals surface area contributed by atoms with Gasteiger partial charge in [-0.05, 0) is 18.8 Å². The van der Waals surface area contributed by atoms with Crippen molar-refractivity contribution in [1.82, 2.24) is 0 Å². The Balaban J connectivity index is 3.41. The Labute approximate surface area is 107 Å². The van der Waals surface area contributed by atoms with Crippen LogP contribution in [0.3, 0.4) is 0 Å². The maximum Gasteiger partial charge on any atom is 0.0701 e. The monoisotopic (exact) mass is 246 g/mol. The largest absolute Gasteiger partial charge is 0.394 e. The van der Waals surface area contributed by atoms with Crippen LogP contribution in [0.4, 0.5) is 0 Å². The fraction of sp³-hybridized carbons (Fsp3) is 1.00. The van der Waals surface area contributed by atoms with Crippen LogP contribution in [-0.4, -0.2) is 38.1 Å². The summed E-state index contributed by atoms with van der Waals surface area (Å²) in [7, 11) is 0. The zero-order valence-corrected chi connectivity index (χ0v) is 11.6. The minimum Gasteiger partial charge on any atom is -0.394 e. The van der Waals surface area contributed by atoms with Gasteiger partial charge in [0.15, 0.2) is 0 Å². The van der Waals surface area contributed by atoms with E-state index in [1.54, 1.807) is 0 Å². The van der Waals surface area contributed by atoms with Gasteiger partial charge in [-0.1, -0.05) is 39.5 Å². The lowest BCUT2D eigenvalue weighted by Gasteiger charge is -2.16. The average Bonchev–Trinajstić information content (AvgIpc) is 2.34. The molecule has 1 unspecified atom stereocenters. The predicted octanol–water partition coefficient (Wildman–Crippen LogP) is 3.01. The van der Waals surface area contributed by atoms with Gasteiger partial charge in [0.1, 0.15) is 0 Å². The van der Waals surface area contributed by atoms with Gasteiger partial charge in [0.05, 0.1) is 26.4 Å². The van der Waals surface area contributed by atoms with Crippen LogP contribution in [0.5, 0.6) is 0 Å². The molecule has 0 radical (unpaired) electrons. The highest BCUT2D eigenvalue weighted by atomic mass is 16.5. The molecule has 0 aliphatic rings. The lowest BCUT2D eigenvalue weighted by atomic mass is 9.97. The number of hydrogen-bond donors (Lipinski definition) is 1. The summed E-state index contributed by atoms with van der Waals surface area (Å²) in [6.07, 6.45) is 7.74. The van der Waals surface area contributed by atoms with E-state index in [-0.39, 0.29) is 6.61 Å². The van der Waals surface area contributed by atoms with Crippen molar-refractivity contribution in [2.24, 2.45) is 5.92 Å². The van der Waals surface area contributed by atoms with Crippen molar-refractivity contribution in [3.8, 4) is 0 Å². The van der Waals surface area contributed by atoms with E-state index in [9.17, 15) is 0 Å². The van der Waals surface area contributed by atoms with Crippen molar-refractivity contribution >= 4 is 0 Å². The zero-order chi connectivity index (χ0) is 12.8. The standard InChI is InChI=1S/C14H30O3/c1-3-5-6-8-14(7-4-2)13-17-12-11-16-10-9-15/h14-15H,3-13H2,1-2H3. The van der Waals surface area contributed by atoms with Crippen LogP contribution in [0.25, 0.3) is 0 Å². The van der Waals surface area contributed by atoms with Crippen LogP contribution in [0, 0.1) is 5.92 Å². The fourth-order valence-electron chi connectivity index (χ4n) is 1.94. The van der Waals surface area contributed by atoms with Crippen LogP contribution in [0.15, 0.2) is 0 Å². The molecule has 0 aliphatic heterocycles. The van der Waals surface area contributed by atoms with E-state index in [2.05, 4.69) is 13.8 Å². The molecule has 0 saturated heterocycles. The molecule has 0 aromatic rings. The van der Waals surface area contributed by atoms with Crippen molar-refractivity contribution in [2.75, 3.05) is 33.0 Å². The molecular weight excluding hydrogens is 216 g/mol. The first-order valence-corrected chi connectivity index (χ1v) is 7.11. The third-order valence-electron chi connectivity index (χ3n) is 2.87. The molecule has 104 valence electrons. The lowest BCUT2D eigenvalue weighted by molar-refractivity contribution is 0.0197. The molecule has 0 aromatic carbocycles. The van der Waals surface area contributed by atoms with E-state index in [0.717, 1.165) is 6.61 Å². The highest BCUT2D eigenvalue weighted by molar-refractivity contribution is 4.58. The van der Waals surface area contributed by atoms with E-state index < -0.39 is 0 Å². The second kappa shape index (κ2) is 13.9. The molecule has 1 atom stereocenters. The molecule has 0 heterocycles. The summed E-state index contributed by atoms with van der Waals surface area (Å²) in [6.45, 7) is 7.08. The maximum absolute atomic E-state index is 8.54. The maximum atomic E-state index is 8.54. The summed E-state index contributed by atoms with van der Waals surface area (Å²) in [5, 5.41) is 8.54. The molecule has 0 aromatic heterocycles. The van der Waals surface area contributed by atoms with Crippen molar-refractivity contribution < 1.29 is 14.6 Å². The molecule has 0 saturated carbocycles. The van der Waals surface area contributed by atoms with E-state index in [1.165, 1.54) is 38.5 Å². The van der Waals surface area contributed by atoms with Gasteiger partial charge in [0, 0.05) is 6.61 Å². The summed E-state index contributed by atoms with van der Waals surface area (Å²) in [4.78, 5) is 0. The molecule has 3 heteroatoms. The molecule has 17 heavy (non-hydrogen) atoms. The highest BCUT2D eigenvalue weighted by Gasteiger charge is 2.07.